The van der Waals surface area contributed by atoms with Gasteiger partial charge in [0.2, 0.25) is 0 Å². The first kappa shape index (κ1) is 18.9. The van der Waals surface area contributed by atoms with Crippen LogP contribution in [0.25, 0.3) is 11.0 Å². The molecular weight excluding hydrogens is 390 g/mol. The Morgan fingerprint density at radius 2 is 2.03 bits per heavy atom. The lowest BCUT2D eigenvalue weighted by Gasteiger charge is -2.35. The quantitative estimate of drug-likeness (QED) is 0.693. The first-order valence-electron chi connectivity index (χ1n) is 10.2. The molecule has 1 saturated carbocycles. The molecule has 0 amide bonds. The number of hydrogen-bond acceptors (Lipinski definition) is 5. The molecule has 1 aliphatic heterocycles. The average Bonchev–Trinajstić information content (AvgIpc) is 3.39. The lowest BCUT2D eigenvalue weighted by molar-refractivity contribution is -0.0231. The molecule has 2 aromatic heterocycles. The largest absolute Gasteiger partial charge is 0.488 e. The molecular formula is C21H26ClN5O2. The minimum absolute atomic E-state index is 0.165. The van der Waals surface area contributed by atoms with Gasteiger partial charge in [-0.05, 0) is 36.8 Å². The lowest BCUT2D eigenvalue weighted by Crippen LogP contribution is -2.42. The molecule has 1 saturated heterocycles. The molecule has 154 valence electrons. The second-order valence-electron chi connectivity index (χ2n) is 8.40. The molecule has 4 atom stereocenters. The molecule has 5 rings (SSSR count). The van der Waals surface area contributed by atoms with Crippen molar-refractivity contribution in [1.82, 2.24) is 24.2 Å². The van der Waals surface area contributed by atoms with E-state index in [2.05, 4.69) is 15.0 Å². The van der Waals surface area contributed by atoms with Crippen LogP contribution in [0.4, 0.5) is 0 Å². The van der Waals surface area contributed by atoms with Crippen LogP contribution in [-0.4, -0.2) is 61.2 Å². The third-order valence-electron chi connectivity index (χ3n) is 6.39. The molecule has 1 aromatic carbocycles. The summed E-state index contributed by atoms with van der Waals surface area (Å²) in [5, 5.41) is 15.6. The van der Waals surface area contributed by atoms with Gasteiger partial charge in [-0.25, -0.2) is 4.98 Å². The van der Waals surface area contributed by atoms with E-state index in [1.54, 1.807) is 12.5 Å². The van der Waals surface area contributed by atoms with Crippen molar-refractivity contribution in [2.45, 2.75) is 31.6 Å². The number of imidazole rings is 1. The summed E-state index contributed by atoms with van der Waals surface area (Å²) in [4.78, 5) is 6.87. The summed E-state index contributed by atoms with van der Waals surface area (Å²) < 4.78 is 10.1. The Morgan fingerprint density at radius 3 is 2.83 bits per heavy atom. The van der Waals surface area contributed by atoms with Crippen LogP contribution in [0.3, 0.4) is 0 Å². The van der Waals surface area contributed by atoms with E-state index in [0.717, 1.165) is 55.8 Å². The Balaban J connectivity index is 1.20. The number of fused-ring (bicyclic) bond motifs is 2. The van der Waals surface area contributed by atoms with Crippen molar-refractivity contribution in [3.63, 3.8) is 0 Å². The number of halogens is 1. The number of likely N-dealkylation sites (tertiary alicyclic amines) is 1. The number of rotatable bonds is 5. The highest BCUT2D eigenvalue weighted by atomic mass is 35.5. The number of nitrogens with zero attached hydrogens (tertiary/aromatic N) is 5. The van der Waals surface area contributed by atoms with E-state index in [1.165, 1.54) is 0 Å². The van der Waals surface area contributed by atoms with E-state index in [9.17, 15) is 5.11 Å². The van der Waals surface area contributed by atoms with E-state index in [-0.39, 0.29) is 6.10 Å². The number of aryl methyl sites for hydroxylation is 1. The van der Waals surface area contributed by atoms with Gasteiger partial charge in [0.05, 0.1) is 41.2 Å². The molecule has 8 heteroatoms. The maximum absolute atomic E-state index is 10.7. The molecule has 2 aliphatic rings. The molecule has 2 fully saturated rings. The molecule has 0 bridgehead atoms. The summed E-state index contributed by atoms with van der Waals surface area (Å²) in [6, 6.07) is 5.96. The van der Waals surface area contributed by atoms with Crippen LogP contribution in [-0.2, 0) is 13.6 Å². The van der Waals surface area contributed by atoms with Crippen molar-refractivity contribution in [1.29, 1.82) is 0 Å². The standard InChI is InChI=1S/C21H26ClN5O2/c1-25-13-23-18-8-17(2-3-19(18)25)29-21-7-15-11-26(10-14(15)6-20(21)28)4-5-27-12-16(22)9-24-27/h2-3,8-9,12-15,20-21,28H,4-7,10-11H2,1H3/t14-,15+,20+,21+/m0/s1. The van der Waals surface area contributed by atoms with E-state index in [4.69, 9.17) is 16.3 Å². The Hall–Kier alpha value is -2.09. The summed E-state index contributed by atoms with van der Waals surface area (Å²) in [6.07, 6.45) is 6.42. The topological polar surface area (TPSA) is 68.3 Å². The number of hydrogen-bond donors (Lipinski definition) is 1. The van der Waals surface area contributed by atoms with Crippen LogP contribution in [0.2, 0.25) is 5.02 Å². The van der Waals surface area contributed by atoms with Gasteiger partial charge in [-0.15, -0.1) is 0 Å². The van der Waals surface area contributed by atoms with Crippen molar-refractivity contribution >= 4 is 22.6 Å². The first-order chi connectivity index (χ1) is 14.0. The van der Waals surface area contributed by atoms with Gasteiger partial charge < -0.3 is 19.3 Å². The van der Waals surface area contributed by atoms with Crippen molar-refractivity contribution in [3.05, 3.63) is 41.9 Å². The zero-order valence-electron chi connectivity index (χ0n) is 16.5. The van der Waals surface area contributed by atoms with Gasteiger partial charge in [-0.3, -0.25) is 4.68 Å². The minimum atomic E-state index is -0.430. The van der Waals surface area contributed by atoms with Crippen molar-refractivity contribution in [2.75, 3.05) is 19.6 Å². The summed E-state index contributed by atoms with van der Waals surface area (Å²) >= 11 is 5.94. The third kappa shape index (κ3) is 3.86. The fraction of sp³-hybridized carbons (Fsp3) is 0.524. The van der Waals surface area contributed by atoms with Crippen molar-refractivity contribution in [3.8, 4) is 5.75 Å². The van der Waals surface area contributed by atoms with Crippen LogP contribution >= 0.6 is 11.6 Å². The maximum Gasteiger partial charge on any atom is 0.125 e. The second kappa shape index (κ2) is 7.63. The highest BCUT2D eigenvalue weighted by Gasteiger charge is 2.42. The number of benzene rings is 1. The predicted molar refractivity (Wildman–Crippen MR) is 111 cm³/mol. The Labute approximate surface area is 174 Å². The first-order valence-corrected chi connectivity index (χ1v) is 10.6. The Kier molecular flexibility index (Phi) is 4.97. The van der Waals surface area contributed by atoms with Gasteiger partial charge in [-0.2, -0.15) is 5.10 Å². The molecule has 7 nitrogen and oxygen atoms in total. The molecule has 0 radical (unpaired) electrons. The summed E-state index contributed by atoms with van der Waals surface area (Å²) in [6.45, 7) is 3.86. The number of aromatic nitrogens is 4. The van der Waals surface area contributed by atoms with Gasteiger partial charge in [0, 0.05) is 38.9 Å². The molecule has 3 aromatic rings. The Morgan fingerprint density at radius 1 is 1.21 bits per heavy atom. The maximum atomic E-state index is 10.7. The average molecular weight is 416 g/mol. The smallest absolute Gasteiger partial charge is 0.125 e. The molecule has 1 aliphatic carbocycles. The molecule has 0 spiro atoms. The molecule has 3 heterocycles. The van der Waals surface area contributed by atoms with Crippen LogP contribution in [0.5, 0.6) is 5.75 Å². The summed E-state index contributed by atoms with van der Waals surface area (Å²) in [7, 11) is 1.98. The van der Waals surface area contributed by atoms with E-state index < -0.39 is 6.10 Å². The van der Waals surface area contributed by atoms with Gasteiger partial charge in [0.25, 0.3) is 0 Å². The number of aliphatic hydroxyl groups is 1. The Bertz CT molecular complexity index is 1000. The zero-order chi connectivity index (χ0) is 20.0. The van der Waals surface area contributed by atoms with E-state index in [0.29, 0.717) is 16.9 Å². The van der Waals surface area contributed by atoms with Crippen LogP contribution < -0.4 is 4.74 Å². The van der Waals surface area contributed by atoms with Gasteiger partial charge in [0.1, 0.15) is 11.9 Å². The fourth-order valence-electron chi connectivity index (χ4n) is 4.87. The molecule has 1 N–H and O–H groups in total. The van der Waals surface area contributed by atoms with E-state index >= 15 is 0 Å². The van der Waals surface area contributed by atoms with Gasteiger partial charge in [-0.1, -0.05) is 11.6 Å². The highest BCUT2D eigenvalue weighted by Crippen LogP contribution is 2.38. The molecule has 0 unspecified atom stereocenters. The number of aliphatic hydroxyl groups excluding tert-OH is 1. The minimum Gasteiger partial charge on any atom is -0.488 e. The summed E-state index contributed by atoms with van der Waals surface area (Å²) in [5.41, 5.74) is 1.99. The van der Waals surface area contributed by atoms with Crippen LogP contribution in [0.15, 0.2) is 36.9 Å². The van der Waals surface area contributed by atoms with Crippen LogP contribution in [0.1, 0.15) is 12.8 Å². The second-order valence-corrected chi connectivity index (χ2v) is 8.84. The predicted octanol–water partition coefficient (Wildman–Crippen LogP) is 2.57. The van der Waals surface area contributed by atoms with Crippen LogP contribution in [0, 0.1) is 11.8 Å². The molecule has 29 heavy (non-hydrogen) atoms. The summed E-state index contributed by atoms with van der Waals surface area (Å²) in [5.74, 6) is 1.87. The monoisotopic (exact) mass is 415 g/mol. The fourth-order valence-corrected chi connectivity index (χ4v) is 5.02. The number of ether oxygens (including phenoxy) is 1. The van der Waals surface area contributed by atoms with Crippen molar-refractivity contribution < 1.29 is 9.84 Å². The SMILES string of the molecule is Cn1cnc2cc(O[C@@H]3C[C@@H]4CN(CCn5cc(Cl)cn5)C[C@@H]4C[C@H]3O)ccc21. The van der Waals surface area contributed by atoms with Crippen molar-refractivity contribution in [2.24, 2.45) is 18.9 Å². The van der Waals surface area contributed by atoms with Gasteiger partial charge >= 0.3 is 0 Å². The highest BCUT2D eigenvalue weighted by molar-refractivity contribution is 6.30. The third-order valence-corrected chi connectivity index (χ3v) is 6.59. The van der Waals surface area contributed by atoms with Gasteiger partial charge in [0.15, 0.2) is 0 Å². The lowest BCUT2D eigenvalue weighted by atomic mass is 9.78. The normalized spacial score (nSPS) is 27.4. The zero-order valence-corrected chi connectivity index (χ0v) is 17.2. The van der Waals surface area contributed by atoms with E-state index in [1.807, 2.05) is 40.7 Å².